The minimum atomic E-state index is -4.56. The van der Waals surface area contributed by atoms with E-state index < -0.39 is 17.1 Å². The fourth-order valence-electron chi connectivity index (χ4n) is 1.48. The summed E-state index contributed by atoms with van der Waals surface area (Å²) >= 11 is 0.284. The third-order valence-corrected chi connectivity index (χ3v) is 3.40. The molecule has 0 fully saturated rings. The van der Waals surface area contributed by atoms with Crippen molar-refractivity contribution >= 4 is 28.1 Å². The second-order valence-electron chi connectivity index (χ2n) is 4.31. The van der Waals surface area contributed by atoms with E-state index in [1.165, 1.54) is 0 Å². The van der Waals surface area contributed by atoms with E-state index in [0.717, 1.165) is 5.69 Å². The van der Waals surface area contributed by atoms with Crippen LogP contribution in [0.1, 0.15) is 15.4 Å². The highest BCUT2D eigenvalue weighted by molar-refractivity contribution is 7.15. The van der Waals surface area contributed by atoms with E-state index in [9.17, 15) is 18.0 Å². The van der Waals surface area contributed by atoms with Crippen molar-refractivity contribution in [3.63, 3.8) is 0 Å². The van der Waals surface area contributed by atoms with E-state index in [1.54, 1.807) is 18.2 Å². The van der Waals surface area contributed by atoms with Crippen LogP contribution in [0.15, 0.2) is 24.3 Å². The summed E-state index contributed by atoms with van der Waals surface area (Å²) in [5, 5.41) is 7.33. The number of anilines is 2. The number of alkyl halides is 3. The Hall–Kier alpha value is -2.16. The molecule has 1 amide bonds. The van der Waals surface area contributed by atoms with Gasteiger partial charge in [-0.05, 0) is 18.2 Å². The average Bonchev–Trinajstić information content (AvgIpc) is 2.87. The van der Waals surface area contributed by atoms with E-state index >= 15 is 0 Å². The van der Waals surface area contributed by atoms with E-state index in [-0.39, 0.29) is 16.5 Å². The van der Waals surface area contributed by atoms with Gasteiger partial charge in [-0.1, -0.05) is 17.4 Å². The van der Waals surface area contributed by atoms with Crippen LogP contribution in [0.2, 0.25) is 0 Å². The van der Waals surface area contributed by atoms with Crippen LogP contribution in [0.5, 0.6) is 0 Å². The van der Waals surface area contributed by atoms with Crippen LogP contribution in [0, 0.1) is 0 Å². The molecule has 0 bridgehead atoms. The van der Waals surface area contributed by atoms with Crippen molar-refractivity contribution in [2.75, 3.05) is 24.3 Å². The van der Waals surface area contributed by atoms with Crippen molar-refractivity contribution in [1.82, 2.24) is 10.2 Å². The number of nitrogens with zero attached hydrogens (tertiary/aromatic N) is 3. The summed E-state index contributed by atoms with van der Waals surface area (Å²) in [6.45, 7) is 0. The average molecular weight is 316 g/mol. The van der Waals surface area contributed by atoms with Crippen LogP contribution >= 0.6 is 11.3 Å². The van der Waals surface area contributed by atoms with Gasteiger partial charge in [-0.25, -0.2) is 0 Å². The molecular weight excluding hydrogens is 305 g/mol. The summed E-state index contributed by atoms with van der Waals surface area (Å²) in [4.78, 5) is 13.8. The third-order valence-electron chi connectivity index (χ3n) is 2.51. The zero-order valence-corrected chi connectivity index (χ0v) is 11.9. The van der Waals surface area contributed by atoms with Gasteiger partial charge in [-0.15, -0.1) is 10.2 Å². The number of carbonyl (C=O) groups is 1. The fourth-order valence-corrected chi connectivity index (χ4v) is 2.09. The number of aromatic nitrogens is 2. The van der Waals surface area contributed by atoms with E-state index in [0.29, 0.717) is 5.56 Å². The van der Waals surface area contributed by atoms with Gasteiger partial charge in [-0.3, -0.25) is 10.1 Å². The largest absolute Gasteiger partial charge is 0.445 e. The second kappa shape index (κ2) is 5.68. The normalized spacial score (nSPS) is 11.3. The molecule has 0 aliphatic carbocycles. The Morgan fingerprint density at radius 3 is 2.57 bits per heavy atom. The lowest BCUT2D eigenvalue weighted by Crippen LogP contribution is -2.14. The number of rotatable bonds is 3. The molecule has 2 rings (SSSR count). The maximum absolute atomic E-state index is 12.4. The maximum atomic E-state index is 12.4. The van der Waals surface area contributed by atoms with Crippen molar-refractivity contribution in [3.05, 3.63) is 34.8 Å². The predicted octanol–water partition coefficient (Wildman–Crippen LogP) is 2.88. The number of halogens is 3. The number of amides is 1. The van der Waals surface area contributed by atoms with E-state index in [1.807, 2.05) is 25.1 Å². The molecule has 0 spiro atoms. The van der Waals surface area contributed by atoms with Crippen LogP contribution in [0.25, 0.3) is 0 Å². The van der Waals surface area contributed by atoms with Gasteiger partial charge < -0.3 is 4.90 Å². The number of carbonyl (C=O) groups excluding carboxylic acids is 1. The molecule has 0 radical (unpaired) electrons. The standard InChI is InChI=1S/C12H11F3N4OS/c1-19(2)8-5-3-4-7(6-8)9(20)16-11-18-17-10(21-11)12(13,14)15/h3-6H,1-2H3,(H,16,18,20). The first-order valence-corrected chi connectivity index (χ1v) is 6.58. The Kier molecular flexibility index (Phi) is 4.12. The van der Waals surface area contributed by atoms with Crippen LogP contribution in [0.4, 0.5) is 24.0 Å². The zero-order valence-electron chi connectivity index (χ0n) is 11.1. The number of hydrogen-bond donors (Lipinski definition) is 1. The smallest absolute Gasteiger partial charge is 0.378 e. The summed E-state index contributed by atoms with van der Waals surface area (Å²) in [5.41, 5.74) is 1.13. The highest BCUT2D eigenvalue weighted by Crippen LogP contribution is 2.33. The Balaban J connectivity index is 2.15. The van der Waals surface area contributed by atoms with Gasteiger partial charge in [0.05, 0.1) is 0 Å². The lowest BCUT2D eigenvalue weighted by atomic mass is 10.2. The number of nitrogens with one attached hydrogen (secondary N) is 1. The van der Waals surface area contributed by atoms with Crippen molar-refractivity contribution < 1.29 is 18.0 Å². The molecule has 112 valence electrons. The van der Waals surface area contributed by atoms with Gasteiger partial charge in [0, 0.05) is 25.3 Å². The lowest BCUT2D eigenvalue weighted by Gasteiger charge is -2.13. The molecule has 2 aromatic rings. The zero-order chi connectivity index (χ0) is 15.6. The molecule has 0 aliphatic rings. The van der Waals surface area contributed by atoms with Gasteiger partial charge in [0.1, 0.15) is 0 Å². The predicted molar refractivity (Wildman–Crippen MR) is 73.6 cm³/mol. The molecule has 1 heterocycles. The van der Waals surface area contributed by atoms with Crippen LogP contribution in [-0.4, -0.2) is 30.2 Å². The lowest BCUT2D eigenvalue weighted by molar-refractivity contribution is -0.138. The van der Waals surface area contributed by atoms with Gasteiger partial charge in [0.2, 0.25) is 10.1 Å². The van der Waals surface area contributed by atoms with E-state index in [4.69, 9.17) is 0 Å². The van der Waals surface area contributed by atoms with Crippen molar-refractivity contribution in [2.45, 2.75) is 6.18 Å². The number of benzene rings is 1. The summed E-state index contributed by atoms with van der Waals surface area (Å²) < 4.78 is 37.2. The summed E-state index contributed by atoms with van der Waals surface area (Å²) in [5.74, 6) is -0.538. The summed E-state index contributed by atoms with van der Waals surface area (Å²) in [6, 6.07) is 6.68. The van der Waals surface area contributed by atoms with Crippen LogP contribution in [-0.2, 0) is 6.18 Å². The highest BCUT2D eigenvalue weighted by atomic mass is 32.1. The molecule has 1 N–H and O–H groups in total. The molecule has 1 aromatic heterocycles. The van der Waals surface area contributed by atoms with Crippen LogP contribution in [0.3, 0.4) is 0 Å². The molecule has 0 saturated carbocycles. The first-order chi connectivity index (χ1) is 9.77. The van der Waals surface area contributed by atoms with Crippen molar-refractivity contribution in [3.8, 4) is 0 Å². The Labute approximate surface area is 122 Å². The quantitative estimate of drug-likeness (QED) is 0.946. The molecule has 1 aromatic carbocycles. The minimum absolute atomic E-state index is 0.192. The van der Waals surface area contributed by atoms with Crippen molar-refractivity contribution in [2.24, 2.45) is 0 Å². The van der Waals surface area contributed by atoms with Gasteiger partial charge in [0.25, 0.3) is 5.91 Å². The third kappa shape index (κ3) is 3.69. The van der Waals surface area contributed by atoms with E-state index in [2.05, 4.69) is 15.5 Å². The molecule has 5 nitrogen and oxygen atoms in total. The van der Waals surface area contributed by atoms with Crippen molar-refractivity contribution in [1.29, 1.82) is 0 Å². The monoisotopic (exact) mass is 316 g/mol. The molecule has 0 aliphatic heterocycles. The maximum Gasteiger partial charge on any atom is 0.445 e. The topological polar surface area (TPSA) is 58.1 Å². The Bertz CT molecular complexity index is 654. The highest BCUT2D eigenvalue weighted by Gasteiger charge is 2.35. The van der Waals surface area contributed by atoms with Gasteiger partial charge in [0.15, 0.2) is 0 Å². The molecule has 21 heavy (non-hydrogen) atoms. The first kappa shape index (κ1) is 15.2. The summed E-state index contributed by atoms with van der Waals surface area (Å²) in [6.07, 6.45) is -4.56. The fraction of sp³-hybridized carbons (Fsp3) is 0.250. The molecule has 9 heteroatoms. The Morgan fingerprint density at radius 2 is 2.00 bits per heavy atom. The summed E-state index contributed by atoms with van der Waals surface area (Å²) in [7, 11) is 3.63. The minimum Gasteiger partial charge on any atom is -0.378 e. The molecular formula is C12H11F3N4OS. The molecule has 0 saturated heterocycles. The second-order valence-corrected chi connectivity index (χ2v) is 5.29. The van der Waals surface area contributed by atoms with Crippen LogP contribution < -0.4 is 10.2 Å². The van der Waals surface area contributed by atoms with Gasteiger partial charge >= 0.3 is 6.18 Å². The SMILES string of the molecule is CN(C)c1cccc(C(=O)Nc2nnc(C(F)(F)F)s2)c1. The molecule has 0 atom stereocenters. The van der Waals surface area contributed by atoms with Gasteiger partial charge in [-0.2, -0.15) is 13.2 Å². The molecule has 0 unspecified atom stereocenters. The first-order valence-electron chi connectivity index (χ1n) is 5.77. The Morgan fingerprint density at radius 1 is 1.29 bits per heavy atom. The number of hydrogen-bond acceptors (Lipinski definition) is 5.